The number of anilines is 1. The van der Waals surface area contributed by atoms with E-state index in [1.165, 1.54) is 21.3 Å². The number of sulfonamides is 1. The van der Waals surface area contributed by atoms with Gasteiger partial charge < -0.3 is 14.8 Å². The first kappa shape index (κ1) is 26.9. The number of benzene rings is 2. The summed E-state index contributed by atoms with van der Waals surface area (Å²) in [7, 11) is -3.75. The fourth-order valence-electron chi connectivity index (χ4n) is 4.93. The molecule has 2 atom stereocenters. The van der Waals surface area contributed by atoms with E-state index in [4.69, 9.17) is 9.47 Å². The van der Waals surface area contributed by atoms with E-state index in [0.717, 1.165) is 17.7 Å². The minimum atomic E-state index is -3.75. The van der Waals surface area contributed by atoms with Crippen molar-refractivity contribution in [3.8, 4) is 11.5 Å². The number of nitrogens with one attached hydrogen (secondary N) is 1. The first-order valence-corrected chi connectivity index (χ1v) is 14.2. The molecule has 2 aromatic rings. The molecule has 0 unspecified atom stereocenters. The van der Waals surface area contributed by atoms with Gasteiger partial charge in [-0.15, -0.1) is 0 Å². The number of piperidine rings is 1. The molecule has 1 saturated heterocycles. The Labute approximate surface area is 218 Å². The molecule has 0 bridgehead atoms. The zero-order valence-electron chi connectivity index (χ0n) is 21.6. The van der Waals surface area contributed by atoms with Crippen LogP contribution in [0.5, 0.6) is 11.5 Å². The Morgan fingerprint density at radius 1 is 1.11 bits per heavy atom. The van der Waals surface area contributed by atoms with E-state index >= 15 is 0 Å². The Balaban J connectivity index is 1.43. The van der Waals surface area contributed by atoms with Gasteiger partial charge >= 0.3 is 0 Å². The lowest BCUT2D eigenvalue weighted by Crippen LogP contribution is -2.45. The standard InChI is InChI=1S/C27H35N3O6S/c1-4-35-22-7-5-21(6-8-22)11-12-28-26(31)17-30-24-14-23(9-10-25(24)36-18-27(30)32)37(33,34)29-15-19(2)13-20(3)16-29/h5-10,14,19-20H,4,11-13,15-18H2,1-3H3,(H,28,31)/t19-,20+. The molecule has 1 fully saturated rings. The molecule has 0 radical (unpaired) electrons. The Morgan fingerprint density at radius 3 is 2.49 bits per heavy atom. The van der Waals surface area contributed by atoms with Crippen molar-refractivity contribution in [1.29, 1.82) is 0 Å². The van der Waals surface area contributed by atoms with Crippen LogP contribution in [0.2, 0.25) is 0 Å². The first-order chi connectivity index (χ1) is 17.7. The summed E-state index contributed by atoms with van der Waals surface area (Å²) in [6.07, 6.45) is 1.61. The van der Waals surface area contributed by atoms with Crippen molar-refractivity contribution in [3.05, 3.63) is 48.0 Å². The number of carbonyl (C=O) groups is 2. The van der Waals surface area contributed by atoms with E-state index in [-0.39, 0.29) is 41.5 Å². The van der Waals surface area contributed by atoms with Crippen LogP contribution in [0.3, 0.4) is 0 Å². The molecule has 4 rings (SSSR count). The smallest absolute Gasteiger partial charge is 0.265 e. The van der Waals surface area contributed by atoms with Gasteiger partial charge in [-0.25, -0.2) is 8.42 Å². The van der Waals surface area contributed by atoms with Crippen molar-refractivity contribution in [2.24, 2.45) is 11.8 Å². The molecular formula is C27H35N3O6S. The van der Waals surface area contributed by atoms with Crippen molar-refractivity contribution in [1.82, 2.24) is 9.62 Å². The van der Waals surface area contributed by atoms with Crippen molar-refractivity contribution in [2.45, 2.75) is 38.5 Å². The second kappa shape index (κ2) is 11.5. The van der Waals surface area contributed by atoms with E-state index < -0.39 is 15.9 Å². The number of hydrogen-bond donors (Lipinski definition) is 1. The first-order valence-electron chi connectivity index (χ1n) is 12.7. The number of hydrogen-bond acceptors (Lipinski definition) is 6. The maximum atomic E-state index is 13.4. The van der Waals surface area contributed by atoms with E-state index in [9.17, 15) is 18.0 Å². The third kappa shape index (κ3) is 6.42. The number of rotatable bonds is 9. The van der Waals surface area contributed by atoms with Crippen molar-refractivity contribution in [2.75, 3.05) is 44.3 Å². The van der Waals surface area contributed by atoms with Gasteiger partial charge in [0.1, 0.15) is 18.0 Å². The number of nitrogens with zero attached hydrogens (tertiary/aromatic N) is 2. The van der Waals surface area contributed by atoms with Crippen molar-refractivity contribution >= 4 is 27.5 Å². The summed E-state index contributed by atoms with van der Waals surface area (Å²) >= 11 is 0. The topological polar surface area (TPSA) is 105 Å². The number of amides is 2. The lowest BCUT2D eigenvalue weighted by atomic mass is 9.94. The summed E-state index contributed by atoms with van der Waals surface area (Å²) in [6, 6.07) is 12.2. The average Bonchev–Trinajstić information content (AvgIpc) is 2.86. The van der Waals surface area contributed by atoms with Crippen LogP contribution in [0.1, 0.15) is 32.8 Å². The van der Waals surface area contributed by atoms with Crippen LogP contribution in [-0.4, -0.2) is 63.9 Å². The van der Waals surface area contributed by atoms with Gasteiger partial charge in [-0.3, -0.25) is 14.5 Å². The molecule has 2 aliphatic heterocycles. The summed E-state index contributed by atoms with van der Waals surface area (Å²) in [5.41, 5.74) is 1.34. The number of fused-ring (bicyclic) bond motifs is 1. The van der Waals surface area contributed by atoms with Gasteiger partial charge in [0, 0.05) is 19.6 Å². The molecule has 1 N–H and O–H groups in total. The molecule has 200 valence electrons. The highest BCUT2D eigenvalue weighted by molar-refractivity contribution is 7.89. The quantitative estimate of drug-likeness (QED) is 0.536. The number of ether oxygens (including phenoxy) is 2. The highest BCUT2D eigenvalue weighted by atomic mass is 32.2. The average molecular weight is 530 g/mol. The van der Waals surface area contributed by atoms with Crippen molar-refractivity contribution in [3.63, 3.8) is 0 Å². The van der Waals surface area contributed by atoms with Gasteiger partial charge in [0.15, 0.2) is 6.61 Å². The molecule has 2 amide bonds. The van der Waals surface area contributed by atoms with Crippen LogP contribution >= 0.6 is 0 Å². The highest BCUT2D eigenvalue weighted by Crippen LogP contribution is 2.36. The Hall–Kier alpha value is -3.11. The molecule has 0 aromatic heterocycles. The fourth-order valence-corrected chi connectivity index (χ4v) is 6.63. The van der Waals surface area contributed by atoms with Gasteiger partial charge in [0.25, 0.3) is 5.91 Å². The van der Waals surface area contributed by atoms with E-state index in [0.29, 0.717) is 38.4 Å². The Morgan fingerprint density at radius 2 is 1.81 bits per heavy atom. The van der Waals surface area contributed by atoms with Gasteiger partial charge in [-0.2, -0.15) is 4.31 Å². The third-order valence-electron chi connectivity index (χ3n) is 6.62. The minimum Gasteiger partial charge on any atom is -0.494 e. The summed E-state index contributed by atoms with van der Waals surface area (Å²) in [4.78, 5) is 26.8. The van der Waals surface area contributed by atoms with Crippen LogP contribution in [0.4, 0.5) is 5.69 Å². The van der Waals surface area contributed by atoms with E-state index in [1.807, 2.05) is 45.0 Å². The predicted molar refractivity (Wildman–Crippen MR) is 140 cm³/mol. The summed E-state index contributed by atoms with van der Waals surface area (Å²) in [5.74, 6) is 0.974. The van der Waals surface area contributed by atoms with E-state index in [1.54, 1.807) is 6.07 Å². The minimum absolute atomic E-state index is 0.0896. The molecule has 2 aliphatic rings. The molecule has 0 aliphatic carbocycles. The lowest BCUT2D eigenvalue weighted by Gasteiger charge is -2.34. The maximum absolute atomic E-state index is 13.4. The van der Waals surface area contributed by atoms with Gasteiger partial charge in [-0.1, -0.05) is 26.0 Å². The lowest BCUT2D eigenvalue weighted by molar-refractivity contribution is -0.125. The van der Waals surface area contributed by atoms with Gasteiger partial charge in [0.05, 0.1) is 17.2 Å². The van der Waals surface area contributed by atoms with Crippen molar-refractivity contribution < 1.29 is 27.5 Å². The van der Waals surface area contributed by atoms with Crippen LogP contribution in [0.25, 0.3) is 0 Å². The highest BCUT2D eigenvalue weighted by Gasteiger charge is 2.34. The Kier molecular flexibility index (Phi) is 8.39. The second-order valence-corrected chi connectivity index (χ2v) is 11.8. The summed E-state index contributed by atoms with van der Waals surface area (Å²) in [5, 5.41) is 2.84. The fraction of sp³-hybridized carbons (Fsp3) is 0.481. The molecule has 37 heavy (non-hydrogen) atoms. The normalized spacial score (nSPS) is 20.2. The molecular weight excluding hydrogens is 494 g/mol. The Bertz CT molecular complexity index is 1220. The number of carbonyl (C=O) groups excluding carboxylic acids is 2. The monoisotopic (exact) mass is 529 g/mol. The molecule has 9 nitrogen and oxygen atoms in total. The van der Waals surface area contributed by atoms with Crippen LogP contribution in [-0.2, 0) is 26.0 Å². The molecule has 2 heterocycles. The zero-order valence-corrected chi connectivity index (χ0v) is 22.4. The molecule has 10 heteroatoms. The van der Waals surface area contributed by atoms with Crippen LogP contribution in [0, 0.1) is 11.8 Å². The predicted octanol–water partition coefficient (Wildman–Crippen LogP) is 2.84. The van der Waals surface area contributed by atoms with Crippen LogP contribution < -0.4 is 19.7 Å². The van der Waals surface area contributed by atoms with Gasteiger partial charge in [-0.05, 0) is 67.5 Å². The summed E-state index contributed by atoms with van der Waals surface area (Å²) in [6.45, 7) is 7.51. The maximum Gasteiger partial charge on any atom is 0.265 e. The van der Waals surface area contributed by atoms with Gasteiger partial charge in [0.2, 0.25) is 15.9 Å². The molecule has 0 spiro atoms. The zero-order chi connectivity index (χ0) is 26.6. The largest absolute Gasteiger partial charge is 0.494 e. The molecule has 2 aromatic carbocycles. The summed E-state index contributed by atoms with van der Waals surface area (Å²) < 4.78 is 39.3. The SMILES string of the molecule is CCOc1ccc(CCNC(=O)CN2C(=O)COc3ccc(S(=O)(=O)N4C[C@H](C)C[C@H](C)C4)cc32)cc1. The molecule has 0 saturated carbocycles. The second-order valence-electron chi connectivity index (χ2n) is 9.84. The van der Waals surface area contributed by atoms with E-state index in [2.05, 4.69) is 5.32 Å². The third-order valence-corrected chi connectivity index (χ3v) is 8.45. The van der Waals surface area contributed by atoms with Crippen LogP contribution in [0.15, 0.2) is 47.4 Å².